The van der Waals surface area contributed by atoms with Crippen molar-refractivity contribution >= 4 is 22.7 Å². The first kappa shape index (κ1) is 14.3. The molecule has 1 amide bonds. The minimum absolute atomic E-state index is 0.0931. The first-order chi connectivity index (χ1) is 11.6. The molecule has 8 heteroatoms. The summed E-state index contributed by atoms with van der Waals surface area (Å²) in [5.41, 5.74) is 2.78. The van der Waals surface area contributed by atoms with Crippen molar-refractivity contribution in [3.63, 3.8) is 0 Å². The standard InChI is InChI=1S/C16H15N7O/c1-10-7-8-17-16-20-14(21-23(10)16)15(24)18-9-13-19-11-5-3-4-6-12(11)22(13)2/h3-8H,9H2,1-2H3,(H,18,24). The minimum Gasteiger partial charge on any atom is -0.342 e. The Bertz CT molecular complexity index is 1060. The largest absolute Gasteiger partial charge is 0.342 e. The van der Waals surface area contributed by atoms with Crippen molar-refractivity contribution < 1.29 is 4.79 Å². The van der Waals surface area contributed by atoms with Gasteiger partial charge in [0, 0.05) is 18.9 Å². The number of carbonyl (C=O) groups is 1. The fraction of sp³-hybridized carbons (Fsp3) is 0.188. The highest BCUT2D eigenvalue weighted by atomic mass is 16.2. The van der Waals surface area contributed by atoms with Crippen molar-refractivity contribution in [3.05, 3.63) is 53.9 Å². The average Bonchev–Trinajstić information content (AvgIpc) is 3.16. The molecule has 1 N–H and O–H groups in total. The molecule has 3 aromatic heterocycles. The van der Waals surface area contributed by atoms with Gasteiger partial charge in [0.05, 0.1) is 17.6 Å². The first-order valence-corrected chi connectivity index (χ1v) is 7.50. The smallest absolute Gasteiger partial charge is 0.291 e. The lowest BCUT2D eigenvalue weighted by Crippen LogP contribution is -2.25. The lowest BCUT2D eigenvalue weighted by Gasteiger charge is -2.03. The molecule has 0 bridgehead atoms. The van der Waals surface area contributed by atoms with Crippen molar-refractivity contribution in [2.24, 2.45) is 7.05 Å². The van der Waals surface area contributed by atoms with Crippen LogP contribution in [0.4, 0.5) is 0 Å². The summed E-state index contributed by atoms with van der Waals surface area (Å²) in [7, 11) is 1.92. The number of hydrogen-bond donors (Lipinski definition) is 1. The number of carbonyl (C=O) groups excluding carboxylic acids is 1. The molecule has 0 aliphatic carbocycles. The molecule has 8 nitrogen and oxygen atoms in total. The van der Waals surface area contributed by atoms with Gasteiger partial charge in [-0.3, -0.25) is 4.79 Å². The van der Waals surface area contributed by atoms with E-state index in [1.807, 2.05) is 48.9 Å². The Kier molecular flexibility index (Phi) is 3.23. The van der Waals surface area contributed by atoms with E-state index in [1.165, 1.54) is 0 Å². The average molecular weight is 321 g/mol. The third-order valence-corrected chi connectivity index (χ3v) is 3.92. The van der Waals surface area contributed by atoms with Crippen LogP contribution in [0.1, 0.15) is 22.1 Å². The van der Waals surface area contributed by atoms with Crippen LogP contribution >= 0.6 is 0 Å². The van der Waals surface area contributed by atoms with E-state index in [0.29, 0.717) is 12.3 Å². The molecule has 0 saturated carbocycles. The van der Waals surface area contributed by atoms with Gasteiger partial charge < -0.3 is 9.88 Å². The molecule has 3 heterocycles. The fourth-order valence-electron chi connectivity index (χ4n) is 2.59. The first-order valence-electron chi connectivity index (χ1n) is 7.50. The quantitative estimate of drug-likeness (QED) is 0.613. The molecule has 0 atom stereocenters. The van der Waals surface area contributed by atoms with Gasteiger partial charge in [-0.1, -0.05) is 12.1 Å². The molecule has 0 radical (unpaired) electrons. The van der Waals surface area contributed by atoms with Crippen molar-refractivity contribution in [2.75, 3.05) is 0 Å². The number of rotatable bonds is 3. The van der Waals surface area contributed by atoms with E-state index < -0.39 is 0 Å². The van der Waals surface area contributed by atoms with Gasteiger partial charge in [-0.2, -0.15) is 4.98 Å². The van der Waals surface area contributed by atoms with Crippen molar-refractivity contribution in [3.8, 4) is 0 Å². The number of nitrogens with zero attached hydrogens (tertiary/aromatic N) is 6. The summed E-state index contributed by atoms with van der Waals surface area (Å²) in [6.45, 7) is 2.18. The maximum atomic E-state index is 12.3. The molecule has 0 spiro atoms. The summed E-state index contributed by atoms with van der Waals surface area (Å²) in [6.07, 6.45) is 1.64. The fourth-order valence-corrected chi connectivity index (χ4v) is 2.59. The maximum absolute atomic E-state index is 12.3. The van der Waals surface area contributed by atoms with Crippen molar-refractivity contribution in [2.45, 2.75) is 13.5 Å². The molecule has 4 aromatic rings. The number of aromatic nitrogens is 6. The lowest BCUT2D eigenvalue weighted by molar-refractivity contribution is 0.0939. The van der Waals surface area contributed by atoms with Gasteiger partial charge in [0.2, 0.25) is 5.82 Å². The Morgan fingerprint density at radius 3 is 2.83 bits per heavy atom. The monoisotopic (exact) mass is 321 g/mol. The van der Waals surface area contributed by atoms with Crippen LogP contribution < -0.4 is 5.32 Å². The second-order valence-electron chi connectivity index (χ2n) is 5.49. The number of hydrogen-bond acceptors (Lipinski definition) is 5. The third-order valence-electron chi connectivity index (χ3n) is 3.92. The highest BCUT2D eigenvalue weighted by molar-refractivity contribution is 5.90. The van der Waals surface area contributed by atoms with Crippen LogP contribution in [-0.2, 0) is 13.6 Å². The van der Waals surface area contributed by atoms with Crippen LogP contribution in [0, 0.1) is 6.92 Å². The maximum Gasteiger partial charge on any atom is 0.291 e. The summed E-state index contributed by atoms with van der Waals surface area (Å²) in [5.74, 6) is 0.910. The van der Waals surface area contributed by atoms with E-state index in [9.17, 15) is 4.79 Å². The van der Waals surface area contributed by atoms with Crippen molar-refractivity contribution in [1.29, 1.82) is 0 Å². The molecule has 24 heavy (non-hydrogen) atoms. The normalized spacial score (nSPS) is 11.2. The van der Waals surface area contributed by atoms with Crippen LogP contribution in [0.25, 0.3) is 16.8 Å². The Labute approximate surface area is 137 Å². The number of amides is 1. The molecule has 0 aliphatic heterocycles. The minimum atomic E-state index is -0.355. The molecule has 120 valence electrons. The highest BCUT2D eigenvalue weighted by Crippen LogP contribution is 2.14. The Morgan fingerprint density at radius 1 is 1.21 bits per heavy atom. The van der Waals surface area contributed by atoms with Crippen LogP contribution in [0.3, 0.4) is 0 Å². The number of aryl methyl sites for hydroxylation is 2. The SMILES string of the molecule is Cc1ccnc2nc(C(=O)NCc3nc4ccccc4n3C)nn12. The zero-order valence-electron chi connectivity index (χ0n) is 13.3. The van der Waals surface area contributed by atoms with E-state index in [4.69, 9.17) is 0 Å². The van der Waals surface area contributed by atoms with Crippen molar-refractivity contribution in [1.82, 2.24) is 34.4 Å². The molecular weight excluding hydrogens is 306 g/mol. The molecule has 0 aliphatic rings. The Hall–Kier alpha value is -3.29. The third kappa shape index (κ3) is 2.28. The van der Waals surface area contributed by atoms with Crippen LogP contribution in [0.2, 0.25) is 0 Å². The lowest BCUT2D eigenvalue weighted by atomic mass is 10.3. The van der Waals surface area contributed by atoms with E-state index >= 15 is 0 Å². The van der Waals surface area contributed by atoms with Gasteiger partial charge in [0.25, 0.3) is 11.7 Å². The van der Waals surface area contributed by atoms with Gasteiger partial charge in [-0.25, -0.2) is 14.5 Å². The number of benzene rings is 1. The van der Waals surface area contributed by atoms with E-state index in [1.54, 1.807) is 10.7 Å². The van der Waals surface area contributed by atoms with Gasteiger partial charge >= 0.3 is 0 Å². The van der Waals surface area contributed by atoms with Crippen LogP contribution in [-0.4, -0.2) is 35.0 Å². The number of imidazole rings is 1. The Balaban J connectivity index is 1.56. The molecular formula is C16H15N7O. The zero-order chi connectivity index (χ0) is 16.7. The second-order valence-corrected chi connectivity index (χ2v) is 5.49. The van der Waals surface area contributed by atoms with Gasteiger partial charge in [0.15, 0.2) is 0 Å². The van der Waals surface area contributed by atoms with Crippen LogP contribution in [0.15, 0.2) is 36.5 Å². The predicted molar refractivity (Wildman–Crippen MR) is 87.4 cm³/mol. The highest BCUT2D eigenvalue weighted by Gasteiger charge is 2.15. The van der Waals surface area contributed by atoms with Gasteiger partial charge in [-0.15, -0.1) is 5.10 Å². The zero-order valence-corrected chi connectivity index (χ0v) is 13.3. The van der Waals surface area contributed by atoms with E-state index in [-0.39, 0.29) is 11.7 Å². The topological polar surface area (TPSA) is 90.0 Å². The van der Waals surface area contributed by atoms with Gasteiger partial charge in [0.1, 0.15) is 5.82 Å². The number of para-hydroxylation sites is 2. The molecule has 4 rings (SSSR count). The number of nitrogens with one attached hydrogen (secondary N) is 1. The predicted octanol–water partition coefficient (Wildman–Crippen LogP) is 1.25. The molecule has 0 saturated heterocycles. The van der Waals surface area contributed by atoms with E-state index in [0.717, 1.165) is 22.6 Å². The second kappa shape index (κ2) is 5.41. The number of fused-ring (bicyclic) bond motifs is 2. The molecule has 1 aromatic carbocycles. The van der Waals surface area contributed by atoms with E-state index in [2.05, 4.69) is 25.4 Å². The Morgan fingerprint density at radius 2 is 2.04 bits per heavy atom. The summed E-state index contributed by atoms with van der Waals surface area (Å²) in [5, 5.41) is 7.00. The van der Waals surface area contributed by atoms with Crippen LogP contribution in [0.5, 0.6) is 0 Å². The van der Waals surface area contributed by atoms with Gasteiger partial charge in [-0.05, 0) is 25.1 Å². The summed E-state index contributed by atoms with van der Waals surface area (Å²) < 4.78 is 3.50. The molecule has 0 unspecified atom stereocenters. The summed E-state index contributed by atoms with van der Waals surface area (Å²) in [6, 6.07) is 9.64. The molecule has 0 fully saturated rings. The summed E-state index contributed by atoms with van der Waals surface area (Å²) >= 11 is 0. The summed E-state index contributed by atoms with van der Waals surface area (Å²) in [4.78, 5) is 25.1.